The molecule has 3 rings (SSSR count). The zero-order chi connectivity index (χ0) is 20.5. The van der Waals surface area contributed by atoms with E-state index in [4.69, 9.17) is 20.1 Å². The fourth-order valence-electron chi connectivity index (χ4n) is 2.85. The van der Waals surface area contributed by atoms with E-state index < -0.39 is 20.2 Å². The smallest absolute Gasteiger partial charge is 0.358 e. The third-order valence-electron chi connectivity index (χ3n) is 4.14. The standard InChI is InChI=1S/C18H18ClNO6S2/c1-12-6-9-14(10-7-12)28(23,24)26-20-15-5-3-4-13-8-11-16(18(19)17(13)15)25-27(2,21)22/h6-11H,3-5H2,1-2H3/b20-15+. The molecule has 0 saturated heterocycles. The summed E-state index contributed by atoms with van der Waals surface area (Å²) < 4.78 is 57.4. The van der Waals surface area contributed by atoms with Crippen molar-refractivity contribution in [2.75, 3.05) is 6.26 Å². The van der Waals surface area contributed by atoms with Crippen LogP contribution >= 0.6 is 11.6 Å². The van der Waals surface area contributed by atoms with Gasteiger partial charge >= 0.3 is 20.2 Å². The van der Waals surface area contributed by atoms with Crippen LogP contribution in [-0.4, -0.2) is 28.8 Å². The molecule has 1 aliphatic carbocycles. The number of hydrogen-bond donors (Lipinski definition) is 0. The summed E-state index contributed by atoms with van der Waals surface area (Å²) in [5.41, 5.74) is 2.48. The Morgan fingerprint density at radius 1 is 1.00 bits per heavy atom. The third-order valence-corrected chi connectivity index (χ3v) is 6.12. The van der Waals surface area contributed by atoms with Gasteiger partial charge in [0.15, 0.2) is 5.75 Å². The minimum atomic E-state index is -4.09. The number of oxime groups is 1. The van der Waals surface area contributed by atoms with Crippen LogP contribution in [0, 0.1) is 6.92 Å². The van der Waals surface area contributed by atoms with Gasteiger partial charge in [-0.2, -0.15) is 16.8 Å². The number of fused-ring (bicyclic) bond motifs is 1. The zero-order valence-electron chi connectivity index (χ0n) is 15.2. The monoisotopic (exact) mass is 443 g/mol. The molecule has 28 heavy (non-hydrogen) atoms. The lowest BCUT2D eigenvalue weighted by atomic mass is 9.90. The highest BCUT2D eigenvalue weighted by Crippen LogP contribution is 2.36. The molecule has 2 aromatic rings. The average Bonchev–Trinajstić information content (AvgIpc) is 2.62. The molecular weight excluding hydrogens is 426 g/mol. The molecule has 0 unspecified atom stereocenters. The number of benzene rings is 2. The van der Waals surface area contributed by atoms with Gasteiger partial charge in [-0.25, -0.2) is 0 Å². The van der Waals surface area contributed by atoms with E-state index in [1.165, 1.54) is 18.2 Å². The molecule has 10 heteroatoms. The van der Waals surface area contributed by atoms with Crippen LogP contribution in [0.1, 0.15) is 29.5 Å². The zero-order valence-corrected chi connectivity index (χ0v) is 17.6. The topological polar surface area (TPSA) is 99.1 Å². The maximum Gasteiger partial charge on any atom is 0.358 e. The minimum absolute atomic E-state index is 0.0151. The molecule has 0 radical (unpaired) electrons. The highest BCUT2D eigenvalue weighted by molar-refractivity contribution is 7.86. The Labute approximate surface area is 169 Å². The van der Waals surface area contributed by atoms with Crippen molar-refractivity contribution in [2.45, 2.75) is 31.1 Å². The number of hydrogen-bond acceptors (Lipinski definition) is 7. The van der Waals surface area contributed by atoms with E-state index >= 15 is 0 Å². The van der Waals surface area contributed by atoms with E-state index in [9.17, 15) is 16.8 Å². The Bertz CT molecular complexity index is 1140. The largest absolute Gasteiger partial charge is 0.381 e. The van der Waals surface area contributed by atoms with Crippen molar-refractivity contribution >= 4 is 37.5 Å². The lowest BCUT2D eigenvalue weighted by molar-refractivity contribution is 0.337. The van der Waals surface area contributed by atoms with Crippen LogP contribution in [0.3, 0.4) is 0 Å². The van der Waals surface area contributed by atoms with Gasteiger partial charge in [0.2, 0.25) is 0 Å². The van der Waals surface area contributed by atoms with Crippen LogP contribution in [0.25, 0.3) is 0 Å². The predicted octanol–water partition coefficient (Wildman–Crippen LogP) is 3.43. The lowest BCUT2D eigenvalue weighted by Gasteiger charge is -2.20. The molecule has 0 bridgehead atoms. The van der Waals surface area contributed by atoms with E-state index in [1.54, 1.807) is 18.2 Å². The highest BCUT2D eigenvalue weighted by atomic mass is 35.5. The van der Waals surface area contributed by atoms with Crippen LogP contribution in [0.2, 0.25) is 5.02 Å². The summed E-state index contributed by atoms with van der Waals surface area (Å²) in [6.07, 6.45) is 2.76. The van der Waals surface area contributed by atoms with Crippen molar-refractivity contribution in [2.24, 2.45) is 5.16 Å². The molecule has 0 N–H and O–H groups in total. The number of rotatable bonds is 5. The van der Waals surface area contributed by atoms with E-state index in [-0.39, 0.29) is 15.7 Å². The Balaban J connectivity index is 1.97. The van der Waals surface area contributed by atoms with Gasteiger partial charge < -0.3 is 4.18 Å². The molecule has 2 aromatic carbocycles. The SMILES string of the molecule is Cc1ccc(S(=O)(=O)O/N=C2\CCCc3ccc(OS(C)(=O)=O)c(Cl)c32)cc1. The first kappa shape index (κ1) is 20.6. The first-order chi connectivity index (χ1) is 13.1. The van der Waals surface area contributed by atoms with Crippen molar-refractivity contribution in [3.8, 4) is 5.75 Å². The quantitative estimate of drug-likeness (QED) is 0.518. The minimum Gasteiger partial charge on any atom is -0.381 e. The van der Waals surface area contributed by atoms with E-state index in [1.807, 2.05) is 6.92 Å². The normalized spacial score (nSPS) is 15.9. The summed E-state index contributed by atoms with van der Waals surface area (Å²) in [5, 5.41) is 3.89. The molecule has 7 nitrogen and oxygen atoms in total. The number of nitrogens with zero attached hydrogens (tertiary/aromatic N) is 1. The number of aryl methyl sites for hydroxylation is 2. The Morgan fingerprint density at radius 3 is 2.32 bits per heavy atom. The summed E-state index contributed by atoms with van der Waals surface area (Å²) in [6, 6.07) is 9.34. The molecule has 0 atom stereocenters. The fourth-order valence-corrected chi connectivity index (χ4v) is 4.44. The van der Waals surface area contributed by atoms with Crippen LogP contribution in [0.4, 0.5) is 0 Å². The van der Waals surface area contributed by atoms with Crippen molar-refractivity contribution in [1.82, 2.24) is 0 Å². The van der Waals surface area contributed by atoms with Gasteiger partial charge in [-0.05, 0) is 49.9 Å². The fraction of sp³-hybridized carbons (Fsp3) is 0.278. The van der Waals surface area contributed by atoms with Gasteiger partial charge in [0.05, 0.1) is 17.0 Å². The second-order valence-electron chi connectivity index (χ2n) is 6.43. The van der Waals surface area contributed by atoms with Gasteiger partial charge in [0.25, 0.3) is 0 Å². The molecule has 0 aromatic heterocycles. The van der Waals surface area contributed by atoms with Gasteiger partial charge in [-0.3, -0.25) is 4.28 Å². The molecule has 150 valence electrons. The summed E-state index contributed by atoms with van der Waals surface area (Å²) >= 11 is 6.34. The van der Waals surface area contributed by atoms with E-state index in [0.29, 0.717) is 24.1 Å². The van der Waals surface area contributed by atoms with Crippen LogP contribution in [0.5, 0.6) is 5.75 Å². The summed E-state index contributed by atoms with van der Waals surface area (Å²) in [7, 11) is -7.86. The van der Waals surface area contributed by atoms with Crippen molar-refractivity contribution in [1.29, 1.82) is 0 Å². The van der Waals surface area contributed by atoms with Gasteiger partial charge in [-0.1, -0.05) is 40.5 Å². The molecule has 0 aliphatic heterocycles. The summed E-state index contributed by atoms with van der Waals surface area (Å²) in [4.78, 5) is -0.0151. The van der Waals surface area contributed by atoms with Crippen molar-refractivity contribution in [3.63, 3.8) is 0 Å². The molecule has 0 spiro atoms. The van der Waals surface area contributed by atoms with E-state index in [2.05, 4.69) is 5.16 Å². The van der Waals surface area contributed by atoms with Gasteiger partial charge in [0.1, 0.15) is 4.90 Å². The second kappa shape index (κ2) is 7.73. The first-order valence-corrected chi connectivity index (χ1v) is 12.0. The maximum atomic E-state index is 12.4. The molecule has 0 fully saturated rings. The van der Waals surface area contributed by atoms with Gasteiger partial charge in [0, 0.05) is 5.56 Å². The molecular formula is C18H18ClNO6S2. The predicted molar refractivity (Wildman–Crippen MR) is 106 cm³/mol. The molecule has 0 amide bonds. The Morgan fingerprint density at radius 2 is 1.68 bits per heavy atom. The highest BCUT2D eigenvalue weighted by Gasteiger charge is 2.25. The Hall–Kier alpha value is -2.10. The maximum absolute atomic E-state index is 12.4. The number of halogens is 1. The van der Waals surface area contributed by atoms with Crippen molar-refractivity contribution < 1.29 is 25.3 Å². The molecule has 0 heterocycles. The first-order valence-electron chi connectivity index (χ1n) is 8.35. The van der Waals surface area contributed by atoms with Crippen LogP contribution < -0.4 is 4.18 Å². The summed E-state index contributed by atoms with van der Waals surface area (Å²) in [5.74, 6) is -0.0427. The van der Waals surface area contributed by atoms with Crippen LogP contribution in [-0.2, 0) is 30.9 Å². The third kappa shape index (κ3) is 4.65. The lowest BCUT2D eigenvalue weighted by Crippen LogP contribution is -2.16. The van der Waals surface area contributed by atoms with Gasteiger partial charge in [-0.15, -0.1) is 0 Å². The Kier molecular flexibility index (Phi) is 5.69. The second-order valence-corrected chi connectivity index (χ2v) is 9.91. The molecule has 0 saturated carbocycles. The van der Waals surface area contributed by atoms with Crippen LogP contribution in [0.15, 0.2) is 46.4 Å². The van der Waals surface area contributed by atoms with E-state index in [0.717, 1.165) is 23.8 Å². The average molecular weight is 444 g/mol. The van der Waals surface area contributed by atoms with Crippen molar-refractivity contribution in [3.05, 3.63) is 58.1 Å². The summed E-state index contributed by atoms with van der Waals surface area (Å²) in [6.45, 7) is 1.84. The molecule has 1 aliphatic rings.